The van der Waals surface area contributed by atoms with Gasteiger partial charge in [0.2, 0.25) is 5.91 Å². The molecule has 1 N–H and O–H groups in total. The van der Waals surface area contributed by atoms with Crippen LogP contribution in [0.15, 0.2) is 91.0 Å². The number of piperidine rings is 1. The highest BCUT2D eigenvalue weighted by Crippen LogP contribution is 2.37. The first-order valence-corrected chi connectivity index (χ1v) is 12.2. The molecular formula is C29H28N2O5. The van der Waals surface area contributed by atoms with Crippen LogP contribution in [0.1, 0.15) is 36.3 Å². The van der Waals surface area contributed by atoms with Crippen molar-refractivity contribution >= 4 is 18.0 Å². The third-order valence-corrected chi connectivity index (χ3v) is 7.10. The Balaban J connectivity index is 1.48. The Morgan fingerprint density at radius 1 is 0.806 bits per heavy atom. The zero-order valence-electron chi connectivity index (χ0n) is 19.8. The van der Waals surface area contributed by atoms with E-state index in [4.69, 9.17) is 4.74 Å². The van der Waals surface area contributed by atoms with Crippen molar-refractivity contribution < 1.29 is 24.2 Å². The lowest BCUT2D eigenvalue weighted by Gasteiger charge is -2.53. The number of carbonyl (C=O) groups excluding carboxylic acids is 2. The van der Waals surface area contributed by atoms with Crippen molar-refractivity contribution in [2.75, 3.05) is 6.54 Å². The molecule has 0 aromatic heterocycles. The second kappa shape index (κ2) is 10.2. The number of carbonyl (C=O) groups is 3. The first-order valence-electron chi connectivity index (χ1n) is 12.2. The average molecular weight is 485 g/mol. The second-order valence-electron chi connectivity index (χ2n) is 9.27. The first-order chi connectivity index (χ1) is 17.5. The number of carboxylic acid groups (broad SMARTS) is 1. The predicted octanol–water partition coefficient (Wildman–Crippen LogP) is 4.54. The largest absolute Gasteiger partial charge is 0.480 e. The summed E-state index contributed by atoms with van der Waals surface area (Å²) in [5.74, 6) is -1.49. The molecule has 184 valence electrons. The van der Waals surface area contributed by atoms with Gasteiger partial charge in [-0.05, 0) is 42.5 Å². The summed E-state index contributed by atoms with van der Waals surface area (Å²) in [5.41, 5.74) is 1.70. The molecule has 5 rings (SSSR count). The summed E-state index contributed by atoms with van der Waals surface area (Å²) in [6.07, 6.45) is 1.29. The molecule has 7 nitrogen and oxygen atoms in total. The van der Waals surface area contributed by atoms with Crippen LogP contribution in [0, 0.1) is 0 Å². The molecule has 2 saturated heterocycles. The minimum atomic E-state index is -1.19. The summed E-state index contributed by atoms with van der Waals surface area (Å²) < 4.78 is 5.50. The van der Waals surface area contributed by atoms with Gasteiger partial charge in [-0.3, -0.25) is 9.69 Å². The Morgan fingerprint density at radius 2 is 1.36 bits per heavy atom. The van der Waals surface area contributed by atoms with Gasteiger partial charge in [0.15, 0.2) is 6.04 Å². The van der Waals surface area contributed by atoms with Gasteiger partial charge in [0, 0.05) is 12.6 Å². The van der Waals surface area contributed by atoms with E-state index in [9.17, 15) is 19.5 Å². The minimum Gasteiger partial charge on any atom is -0.480 e. The average Bonchev–Trinajstić information content (AvgIpc) is 2.89. The van der Waals surface area contributed by atoms with Crippen LogP contribution in [0.5, 0.6) is 5.75 Å². The van der Waals surface area contributed by atoms with Crippen LogP contribution in [0.4, 0.5) is 4.79 Å². The van der Waals surface area contributed by atoms with E-state index in [1.807, 2.05) is 66.7 Å². The van der Waals surface area contributed by atoms with Gasteiger partial charge in [-0.15, -0.1) is 0 Å². The van der Waals surface area contributed by atoms with Crippen LogP contribution in [0.25, 0.3) is 0 Å². The van der Waals surface area contributed by atoms with E-state index >= 15 is 0 Å². The Bertz CT molecular complexity index is 1180. The van der Waals surface area contributed by atoms with Crippen molar-refractivity contribution in [1.82, 2.24) is 9.80 Å². The number of rotatable bonds is 5. The van der Waals surface area contributed by atoms with Crippen molar-refractivity contribution in [3.8, 4) is 5.75 Å². The highest BCUT2D eigenvalue weighted by Gasteiger charge is 2.52. The minimum absolute atomic E-state index is 0.112. The number of hydrogen-bond acceptors (Lipinski definition) is 4. The maximum Gasteiger partial charge on any atom is 0.416 e. The van der Waals surface area contributed by atoms with E-state index in [0.29, 0.717) is 18.6 Å². The van der Waals surface area contributed by atoms with Gasteiger partial charge in [0.25, 0.3) is 0 Å². The van der Waals surface area contributed by atoms with Gasteiger partial charge in [-0.1, -0.05) is 78.9 Å². The smallest absolute Gasteiger partial charge is 0.416 e. The fourth-order valence-electron chi connectivity index (χ4n) is 5.54. The summed E-state index contributed by atoms with van der Waals surface area (Å²) in [4.78, 5) is 42.9. The highest BCUT2D eigenvalue weighted by molar-refractivity contribution is 5.90. The number of para-hydroxylation sites is 1. The molecule has 0 unspecified atom stereocenters. The summed E-state index contributed by atoms with van der Waals surface area (Å²) in [7, 11) is 0. The van der Waals surface area contributed by atoms with Gasteiger partial charge in [-0.2, -0.15) is 0 Å². The molecule has 2 aliphatic heterocycles. The van der Waals surface area contributed by atoms with Crippen molar-refractivity contribution in [3.63, 3.8) is 0 Å². The number of amides is 2. The summed E-state index contributed by atoms with van der Waals surface area (Å²) in [6.45, 7) is 0.112. The number of fused-ring (bicyclic) bond motifs is 2. The molecule has 7 heteroatoms. The zero-order valence-corrected chi connectivity index (χ0v) is 19.8. The second-order valence-corrected chi connectivity index (χ2v) is 9.27. The van der Waals surface area contributed by atoms with Crippen LogP contribution in [-0.2, 0) is 9.59 Å². The molecule has 2 heterocycles. The molecule has 3 atom stereocenters. The van der Waals surface area contributed by atoms with Crippen molar-refractivity contribution in [3.05, 3.63) is 102 Å². The van der Waals surface area contributed by atoms with Gasteiger partial charge < -0.3 is 14.7 Å². The van der Waals surface area contributed by atoms with E-state index in [-0.39, 0.29) is 18.5 Å². The summed E-state index contributed by atoms with van der Waals surface area (Å²) in [6, 6.07) is 25.6. The van der Waals surface area contributed by atoms with E-state index in [1.54, 1.807) is 29.2 Å². The van der Waals surface area contributed by atoms with Crippen LogP contribution in [0.3, 0.4) is 0 Å². The third-order valence-electron chi connectivity index (χ3n) is 7.10. The van der Waals surface area contributed by atoms with E-state index < -0.39 is 30.1 Å². The number of aliphatic carboxylic acids is 1. The number of hydrogen-bond donors (Lipinski definition) is 1. The van der Waals surface area contributed by atoms with Gasteiger partial charge in [-0.25, -0.2) is 9.59 Å². The molecular weight excluding hydrogens is 456 g/mol. The SMILES string of the molecule is O=C(O)[C@@H]1[C@H]2CCC[C@@H](CN1C(=O)Oc1ccccc1)N2C(=O)C(c1ccccc1)c1ccccc1. The first kappa shape index (κ1) is 23.6. The van der Waals surface area contributed by atoms with Crippen molar-refractivity contribution in [2.45, 2.75) is 43.3 Å². The monoisotopic (exact) mass is 484 g/mol. The van der Waals surface area contributed by atoms with Crippen LogP contribution >= 0.6 is 0 Å². The van der Waals surface area contributed by atoms with E-state index in [2.05, 4.69) is 0 Å². The fourth-order valence-corrected chi connectivity index (χ4v) is 5.54. The van der Waals surface area contributed by atoms with Crippen LogP contribution in [-0.4, -0.2) is 57.5 Å². The van der Waals surface area contributed by atoms with E-state index in [0.717, 1.165) is 17.5 Å². The van der Waals surface area contributed by atoms with Crippen molar-refractivity contribution in [1.29, 1.82) is 0 Å². The Hall–Kier alpha value is -4.13. The lowest BCUT2D eigenvalue weighted by atomic mass is 9.82. The van der Waals surface area contributed by atoms with Crippen LogP contribution in [0.2, 0.25) is 0 Å². The molecule has 3 aromatic rings. The molecule has 36 heavy (non-hydrogen) atoms. The number of nitrogens with zero attached hydrogens (tertiary/aromatic N) is 2. The maximum absolute atomic E-state index is 14.2. The lowest BCUT2D eigenvalue weighted by Crippen LogP contribution is -2.70. The topological polar surface area (TPSA) is 87.2 Å². The molecule has 2 bridgehead atoms. The number of piperazine rings is 1. The van der Waals surface area contributed by atoms with Crippen molar-refractivity contribution in [2.24, 2.45) is 0 Å². The molecule has 2 fully saturated rings. The Kier molecular flexibility index (Phi) is 6.71. The molecule has 2 amide bonds. The third kappa shape index (κ3) is 4.56. The summed E-state index contributed by atoms with van der Waals surface area (Å²) >= 11 is 0. The molecule has 0 aliphatic carbocycles. The quantitative estimate of drug-likeness (QED) is 0.575. The Labute approximate surface area is 209 Å². The highest BCUT2D eigenvalue weighted by atomic mass is 16.6. The standard InChI is InChI=1S/C29H28N2O5/c32-27(25(20-11-4-1-5-12-20)21-13-6-2-7-14-21)31-22-15-10-18-24(31)26(28(33)34)30(19-22)29(35)36-23-16-8-3-9-17-23/h1-9,11-14,16-17,22,24-26H,10,15,18-19H2,(H,33,34)/t22-,24+,26-/m0/s1. The fraction of sp³-hybridized carbons (Fsp3) is 0.276. The zero-order chi connectivity index (χ0) is 25.1. The molecule has 0 radical (unpaired) electrons. The molecule has 0 saturated carbocycles. The molecule has 3 aromatic carbocycles. The van der Waals surface area contributed by atoms with E-state index in [1.165, 1.54) is 4.90 Å². The number of carboxylic acids is 1. The summed E-state index contributed by atoms with van der Waals surface area (Å²) in [5, 5.41) is 10.2. The van der Waals surface area contributed by atoms with Gasteiger partial charge in [0.1, 0.15) is 5.75 Å². The van der Waals surface area contributed by atoms with Gasteiger partial charge >= 0.3 is 12.1 Å². The maximum atomic E-state index is 14.2. The molecule has 0 spiro atoms. The predicted molar refractivity (Wildman–Crippen MR) is 134 cm³/mol. The van der Waals surface area contributed by atoms with Gasteiger partial charge in [0.05, 0.1) is 12.0 Å². The number of benzene rings is 3. The normalized spacial score (nSPS) is 21.2. The van der Waals surface area contributed by atoms with Crippen LogP contribution < -0.4 is 4.74 Å². The lowest BCUT2D eigenvalue weighted by molar-refractivity contribution is -0.159. The number of likely N-dealkylation sites (tertiary alicyclic amines) is 1. The molecule has 2 aliphatic rings. The number of ether oxygens (including phenoxy) is 1. The Morgan fingerprint density at radius 3 is 1.92 bits per heavy atom.